The molecule has 1 fully saturated rings. The van der Waals surface area contributed by atoms with Crippen LogP contribution in [0.2, 0.25) is 0 Å². The Bertz CT molecular complexity index is 1190. The van der Waals surface area contributed by atoms with Crippen LogP contribution in [0.1, 0.15) is 64.8 Å². The number of carbonyl (C=O) groups excluding carboxylic acids is 1. The van der Waals surface area contributed by atoms with Gasteiger partial charge in [0.25, 0.3) is 0 Å². The molecule has 2 aliphatic carbocycles. The normalized spacial score (nSPS) is 17.2. The molecule has 3 N–H and O–H groups in total. The molecule has 9 heteroatoms. The van der Waals surface area contributed by atoms with E-state index in [1.54, 1.807) is 0 Å². The Hall–Kier alpha value is -3.06. The molecule has 156 valence electrons. The van der Waals surface area contributed by atoms with Gasteiger partial charge in [0.15, 0.2) is 0 Å². The number of nitrogens with two attached hydrogens (primary N) is 1. The fraction of sp³-hybridized carbons (Fsp3) is 0.409. The maximum Gasteiger partial charge on any atom is 0.235 e. The summed E-state index contributed by atoms with van der Waals surface area (Å²) >= 11 is 2.61. The van der Waals surface area contributed by atoms with Gasteiger partial charge >= 0.3 is 0 Å². The topological polar surface area (TPSA) is 139 Å². The molecule has 0 saturated heterocycles. The number of nitrogen functional groups attached to an aromatic ring is 1. The Kier molecular flexibility index (Phi) is 5.87. The smallest absolute Gasteiger partial charge is 0.235 e. The maximum atomic E-state index is 12.6. The minimum atomic E-state index is -0.269. The van der Waals surface area contributed by atoms with Crippen molar-refractivity contribution in [1.82, 2.24) is 4.98 Å². The van der Waals surface area contributed by atoms with Gasteiger partial charge in [-0.25, -0.2) is 4.98 Å². The van der Waals surface area contributed by atoms with Crippen molar-refractivity contribution < 1.29 is 4.79 Å². The van der Waals surface area contributed by atoms with Crippen molar-refractivity contribution in [2.75, 3.05) is 16.8 Å². The van der Waals surface area contributed by atoms with Crippen molar-refractivity contribution >= 4 is 39.8 Å². The number of hydrogen-bond acceptors (Lipinski definition) is 8. The fourth-order valence-electron chi connectivity index (χ4n) is 3.96. The van der Waals surface area contributed by atoms with Gasteiger partial charge in [-0.2, -0.15) is 15.8 Å². The lowest BCUT2D eigenvalue weighted by Crippen LogP contribution is -2.15. The summed E-state index contributed by atoms with van der Waals surface area (Å²) in [5.41, 5.74) is 8.87. The van der Waals surface area contributed by atoms with Gasteiger partial charge in [0.2, 0.25) is 5.91 Å². The number of pyridine rings is 1. The molecule has 0 aromatic carbocycles. The number of hydrogen-bond donors (Lipinski definition) is 2. The summed E-state index contributed by atoms with van der Waals surface area (Å²) in [6, 6.07) is 6.47. The molecule has 0 bridgehead atoms. The molecule has 31 heavy (non-hydrogen) atoms. The van der Waals surface area contributed by atoms with E-state index in [1.165, 1.54) is 16.2 Å². The van der Waals surface area contributed by atoms with E-state index < -0.39 is 0 Å². The lowest BCUT2D eigenvalue weighted by molar-refractivity contribution is -0.113. The summed E-state index contributed by atoms with van der Waals surface area (Å²) in [5.74, 6) is 0.587. The highest BCUT2D eigenvalue weighted by Gasteiger charge is 2.32. The molecule has 0 radical (unpaired) electrons. The highest BCUT2D eigenvalue weighted by Crippen LogP contribution is 2.46. The van der Waals surface area contributed by atoms with Crippen LogP contribution in [0, 0.1) is 39.9 Å². The number of anilines is 2. The summed E-state index contributed by atoms with van der Waals surface area (Å²) in [4.78, 5) is 18.0. The van der Waals surface area contributed by atoms with Crippen LogP contribution in [0.4, 0.5) is 10.8 Å². The number of fused-ring (bicyclic) bond motifs is 1. The lowest BCUT2D eigenvalue weighted by atomic mass is 9.89. The molecule has 7 nitrogen and oxygen atoms in total. The lowest BCUT2D eigenvalue weighted by Gasteiger charge is -2.17. The number of nitrogens with zero attached hydrogens (tertiary/aromatic N) is 4. The van der Waals surface area contributed by atoms with Crippen LogP contribution in [0.3, 0.4) is 0 Å². The molecule has 1 amide bonds. The summed E-state index contributed by atoms with van der Waals surface area (Å²) in [6.07, 6.45) is 4.67. The predicted molar refractivity (Wildman–Crippen MR) is 120 cm³/mol. The van der Waals surface area contributed by atoms with Gasteiger partial charge in [-0.15, -0.1) is 11.3 Å². The first kappa shape index (κ1) is 21.2. The molecule has 2 heterocycles. The van der Waals surface area contributed by atoms with Crippen LogP contribution in [0.5, 0.6) is 0 Å². The van der Waals surface area contributed by atoms with Gasteiger partial charge < -0.3 is 11.1 Å². The number of carbonyl (C=O) groups is 1. The van der Waals surface area contributed by atoms with Gasteiger partial charge in [-0.1, -0.05) is 18.7 Å². The number of amides is 1. The number of aromatic nitrogens is 1. The van der Waals surface area contributed by atoms with Crippen LogP contribution in [-0.4, -0.2) is 16.6 Å². The number of rotatable bonds is 5. The molecule has 0 unspecified atom stereocenters. The Labute approximate surface area is 188 Å². The van der Waals surface area contributed by atoms with E-state index in [0.717, 1.165) is 49.4 Å². The standard InChI is InChI=1S/C22H20N6OS2/c1-11-2-5-13-14(7-23)22(31-17(13)6-11)27-18(29)10-30-21-16(9-25)19(12-3-4-12)15(8-24)20(26)28-21/h11-12H,2-6,10H2,1H3,(H2,26,28)(H,27,29)/t11-/m1/s1. The zero-order valence-corrected chi connectivity index (χ0v) is 18.6. The van der Waals surface area contributed by atoms with E-state index in [4.69, 9.17) is 5.73 Å². The minimum absolute atomic E-state index is 0.0287. The van der Waals surface area contributed by atoms with Crippen molar-refractivity contribution in [2.24, 2.45) is 5.92 Å². The van der Waals surface area contributed by atoms with E-state index in [1.807, 2.05) is 0 Å². The Morgan fingerprint density at radius 3 is 2.55 bits per heavy atom. The number of thiophene rings is 1. The summed E-state index contributed by atoms with van der Waals surface area (Å²) in [6.45, 7) is 2.20. The van der Waals surface area contributed by atoms with Crippen molar-refractivity contribution in [3.8, 4) is 18.2 Å². The third kappa shape index (κ3) is 4.10. The summed E-state index contributed by atoms with van der Waals surface area (Å²) < 4.78 is 0. The number of nitriles is 3. The van der Waals surface area contributed by atoms with E-state index in [-0.39, 0.29) is 29.0 Å². The van der Waals surface area contributed by atoms with Gasteiger partial charge in [-0.05, 0) is 55.1 Å². The quantitative estimate of drug-likeness (QED) is 0.657. The summed E-state index contributed by atoms with van der Waals surface area (Å²) in [7, 11) is 0. The Morgan fingerprint density at radius 2 is 1.90 bits per heavy atom. The van der Waals surface area contributed by atoms with Crippen LogP contribution < -0.4 is 11.1 Å². The zero-order chi connectivity index (χ0) is 22.1. The molecule has 1 atom stereocenters. The second kappa shape index (κ2) is 8.59. The molecular formula is C22H20N6OS2. The van der Waals surface area contributed by atoms with Crippen molar-refractivity contribution in [3.05, 3.63) is 32.7 Å². The third-order valence-electron chi connectivity index (χ3n) is 5.66. The largest absolute Gasteiger partial charge is 0.383 e. The molecular weight excluding hydrogens is 428 g/mol. The SMILES string of the molecule is C[C@@H]1CCc2c(sc(NC(=O)CSc3nc(N)c(C#N)c(C4CC4)c3C#N)c2C#N)C1. The molecule has 1 saturated carbocycles. The van der Waals surface area contributed by atoms with Gasteiger partial charge in [0.1, 0.15) is 34.1 Å². The van der Waals surface area contributed by atoms with Crippen molar-refractivity contribution in [1.29, 1.82) is 15.8 Å². The molecule has 2 aromatic heterocycles. The fourth-order valence-corrected chi connectivity index (χ4v) is 6.14. The van der Waals surface area contributed by atoms with Gasteiger partial charge in [0, 0.05) is 4.88 Å². The van der Waals surface area contributed by atoms with Crippen LogP contribution >= 0.6 is 23.1 Å². The van der Waals surface area contributed by atoms with Crippen molar-refractivity contribution in [2.45, 2.75) is 50.0 Å². The van der Waals surface area contributed by atoms with Crippen LogP contribution in [0.25, 0.3) is 0 Å². The first-order chi connectivity index (χ1) is 15.0. The highest BCUT2D eigenvalue weighted by atomic mass is 32.2. The average Bonchev–Trinajstić information content (AvgIpc) is 3.53. The second-order valence-corrected chi connectivity index (χ2v) is 10.0. The average molecular weight is 449 g/mol. The first-order valence-electron chi connectivity index (χ1n) is 10.1. The number of thioether (sulfide) groups is 1. The molecule has 0 spiro atoms. The summed E-state index contributed by atoms with van der Waals surface area (Å²) in [5, 5.41) is 32.5. The minimum Gasteiger partial charge on any atom is -0.383 e. The van der Waals surface area contributed by atoms with Gasteiger partial charge in [0.05, 0.1) is 22.4 Å². The van der Waals surface area contributed by atoms with Crippen LogP contribution in [-0.2, 0) is 17.6 Å². The molecule has 0 aliphatic heterocycles. The third-order valence-corrected chi connectivity index (χ3v) is 7.80. The Morgan fingerprint density at radius 1 is 1.19 bits per heavy atom. The van der Waals surface area contributed by atoms with E-state index >= 15 is 0 Å². The van der Waals surface area contributed by atoms with Crippen molar-refractivity contribution in [3.63, 3.8) is 0 Å². The monoisotopic (exact) mass is 448 g/mol. The number of nitrogens with one attached hydrogen (secondary N) is 1. The van der Waals surface area contributed by atoms with E-state index in [0.29, 0.717) is 32.6 Å². The second-order valence-electron chi connectivity index (χ2n) is 7.97. The maximum absolute atomic E-state index is 12.6. The molecule has 4 rings (SSSR count). The molecule has 2 aliphatic rings. The zero-order valence-electron chi connectivity index (χ0n) is 17.0. The highest BCUT2D eigenvalue weighted by molar-refractivity contribution is 8.00. The van der Waals surface area contributed by atoms with Gasteiger partial charge in [-0.3, -0.25) is 4.79 Å². The van der Waals surface area contributed by atoms with E-state index in [2.05, 4.69) is 35.4 Å². The molecule has 2 aromatic rings. The Balaban J connectivity index is 1.53. The van der Waals surface area contributed by atoms with Crippen LogP contribution in [0.15, 0.2) is 5.03 Å². The predicted octanol–water partition coefficient (Wildman–Crippen LogP) is 4.07. The first-order valence-corrected chi connectivity index (χ1v) is 11.9. The van der Waals surface area contributed by atoms with E-state index in [9.17, 15) is 20.6 Å².